The fourth-order valence-electron chi connectivity index (χ4n) is 0.934. The third kappa shape index (κ3) is 1.66. The van der Waals surface area contributed by atoms with E-state index in [1.807, 2.05) is 0 Å². The van der Waals surface area contributed by atoms with Crippen molar-refractivity contribution in [2.24, 2.45) is 11.3 Å². The van der Waals surface area contributed by atoms with Crippen LogP contribution in [0.2, 0.25) is 0 Å². The first kappa shape index (κ1) is 7.03. The minimum absolute atomic E-state index is 0.392. The fraction of sp³-hybridized carbons (Fsp3) is 1.00. The maximum Gasteiger partial charge on any atom is 0.0728 e. The molecule has 1 saturated heterocycles. The van der Waals surface area contributed by atoms with Crippen molar-refractivity contribution in [3.63, 3.8) is 0 Å². The molecule has 1 N–H and O–H groups in total. The molecule has 54 valence electrons. The van der Waals surface area contributed by atoms with Crippen molar-refractivity contribution in [1.82, 2.24) is 5.48 Å². The third-order valence-electron chi connectivity index (χ3n) is 1.94. The molecule has 1 rings (SSSR count). The molecule has 1 atom stereocenters. The Bertz CT molecular complexity index is 89.6. The van der Waals surface area contributed by atoms with Crippen molar-refractivity contribution < 1.29 is 4.84 Å². The molecule has 1 fully saturated rings. The largest absolute Gasteiger partial charge is 0.301 e. The number of hydroxylamine groups is 1. The number of nitrogens with one attached hydrogen (secondary N) is 1. The lowest BCUT2D eigenvalue weighted by Gasteiger charge is -2.23. The van der Waals surface area contributed by atoms with Crippen LogP contribution >= 0.6 is 0 Å². The van der Waals surface area contributed by atoms with Crippen molar-refractivity contribution in [3.05, 3.63) is 0 Å². The fourth-order valence-corrected chi connectivity index (χ4v) is 0.934. The summed E-state index contributed by atoms with van der Waals surface area (Å²) in [6.07, 6.45) is 0. The number of hydrogen-bond donors (Lipinski definition) is 1. The Morgan fingerprint density at radius 2 is 2.11 bits per heavy atom. The van der Waals surface area contributed by atoms with Gasteiger partial charge in [0.05, 0.1) is 6.61 Å². The van der Waals surface area contributed by atoms with Gasteiger partial charge in [-0.3, -0.25) is 0 Å². The van der Waals surface area contributed by atoms with Crippen LogP contribution in [-0.4, -0.2) is 13.2 Å². The molecule has 1 aliphatic heterocycles. The molecule has 0 bridgehead atoms. The molecule has 0 amide bonds. The predicted molar refractivity (Wildman–Crippen MR) is 36.9 cm³/mol. The van der Waals surface area contributed by atoms with E-state index in [1.54, 1.807) is 0 Å². The summed E-state index contributed by atoms with van der Waals surface area (Å²) in [5.74, 6) is 0.678. The monoisotopic (exact) mass is 129 g/mol. The Balaban J connectivity index is 2.42. The molecule has 0 aliphatic carbocycles. The van der Waals surface area contributed by atoms with E-state index in [9.17, 15) is 0 Å². The summed E-state index contributed by atoms with van der Waals surface area (Å²) in [6.45, 7) is 8.60. The summed E-state index contributed by atoms with van der Waals surface area (Å²) >= 11 is 0. The molecule has 2 nitrogen and oxygen atoms in total. The Kier molecular flexibility index (Phi) is 1.78. The van der Waals surface area contributed by atoms with Crippen molar-refractivity contribution >= 4 is 0 Å². The van der Waals surface area contributed by atoms with Gasteiger partial charge >= 0.3 is 0 Å². The average Bonchev–Trinajstić information content (AvgIpc) is 2.08. The van der Waals surface area contributed by atoms with Gasteiger partial charge in [0, 0.05) is 12.5 Å². The van der Waals surface area contributed by atoms with Gasteiger partial charge in [0.1, 0.15) is 0 Å². The van der Waals surface area contributed by atoms with Crippen LogP contribution in [0.1, 0.15) is 20.8 Å². The highest BCUT2D eigenvalue weighted by Gasteiger charge is 2.27. The molecular weight excluding hydrogens is 114 g/mol. The standard InChI is InChI=1S/C7H15NO/c1-7(2,3)6-4-8-9-5-6/h6,8H,4-5H2,1-3H3. The Hall–Kier alpha value is -0.0800. The molecule has 9 heavy (non-hydrogen) atoms. The predicted octanol–water partition coefficient (Wildman–Crippen LogP) is 1.18. The van der Waals surface area contributed by atoms with Crippen molar-refractivity contribution in [2.75, 3.05) is 13.2 Å². The normalized spacial score (nSPS) is 29.0. The van der Waals surface area contributed by atoms with E-state index in [0.29, 0.717) is 11.3 Å². The van der Waals surface area contributed by atoms with Gasteiger partial charge in [0.25, 0.3) is 0 Å². The Morgan fingerprint density at radius 3 is 2.33 bits per heavy atom. The van der Waals surface area contributed by atoms with Crippen LogP contribution in [0, 0.1) is 11.3 Å². The highest BCUT2D eigenvalue weighted by molar-refractivity contribution is 4.76. The van der Waals surface area contributed by atoms with E-state index in [0.717, 1.165) is 13.2 Å². The minimum Gasteiger partial charge on any atom is -0.301 e. The van der Waals surface area contributed by atoms with Crippen molar-refractivity contribution in [1.29, 1.82) is 0 Å². The van der Waals surface area contributed by atoms with Gasteiger partial charge in [-0.1, -0.05) is 20.8 Å². The van der Waals surface area contributed by atoms with Crippen LogP contribution in [0.4, 0.5) is 0 Å². The zero-order valence-electron chi connectivity index (χ0n) is 6.40. The number of rotatable bonds is 0. The molecule has 0 radical (unpaired) electrons. The highest BCUT2D eigenvalue weighted by Crippen LogP contribution is 2.27. The molecule has 1 heterocycles. The van der Waals surface area contributed by atoms with Gasteiger partial charge in [0.15, 0.2) is 0 Å². The molecule has 2 heteroatoms. The van der Waals surface area contributed by atoms with Crippen LogP contribution in [0.15, 0.2) is 0 Å². The molecule has 0 aromatic rings. The third-order valence-corrected chi connectivity index (χ3v) is 1.94. The topological polar surface area (TPSA) is 21.3 Å². The second-order valence-corrected chi connectivity index (χ2v) is 3.72. The van der Waals surface area contributed by atoms with Crippen LogP contribution in [0.3, 0.4) is 0 Å². The average molecular weight is 129 g/mol. The summed E-state index contributed by atoms with van der Waals surface area (Å²) in [5.41, 5.74) is 3.27. The van der Waals surface area contributed by atoms with Gasteiger partial charge in [-0.25, -0.2) is 5.48 Å². The SMILES string of the molecule is CC(C)(C)C1CNOC1. The molecule has 0 aromatic carbocycles. The highest BCUT2D eigenvalue weighted by atomic mass is 16.7. The number of hydrogen-bond acceptors (Lipinski definition) is 2. The van der Waals surface area contributed by atoms with Gasteiger partial charge in [0.2, 0.25) is 0 Å². The van der Waals surface area contributed by atoms with Crippen LogP contribution < -0.4 is 5.48 Å². The van der Waals surface area contributed by atoms with Crippen LogP contribution in [0.5, 0.6) is 0 Å². The molecule has 0 saturated carbocycles. The van der Waals surface area contributed by atoms with E-state index in [4.69, 9.17) is 4.84 Å². The second kappa shape index (κ2) is 2.27. The molecule has 1 aliphatic rings. The van der Waals surface area contributed by atoms with E-state index in [-0.39, 0.29) is 0 Å². The summed E-state index contributed by atoms with van der Waals surface area (Å²) in [7, 11) is 0. The minimum atomic E-state index is 0.392. The Morgan fingerprint density at radius 1 is 1.44 bits per heavy atom. The zero-order valence-corrected chi connectivity index (χ0v) is 6.40. The molecule has 0 aromatic heterocycles. The van der Waals surface area contributed by atoms with Crippen molar-refractivity contribution in [3.8, 4) is 0 Å². The quantitative estimate of drug-likeness (QED) is 0.530. The lowest BCUT2D eigenvalue weighted by molar-refractivity contribution is 0.0867. The molecule has 0 spiro atoms. The first-order valence-corrected chi connectivity index (χ1v) is 3.45. The second-order valence-electron chi connectivity index (χ2n) is 3.72. The molecule has 1 unspecified atom stereocenters. The summed E-state index contributed by atoms with van der Waals surface area (Å²) in [4.78, 5) is 5.03. The van der Waals surface area contributed by atoms with Crippen LogP contribution in [-0.2, 0) is 4.84 Å². The summed E-state index contributed by atoms with van der Waals surface area (Å²) in [5, 5.41) is 0. The van der Waals surface area contributed by atoms with E-state index in [2.05, 4.69) is 26.3 Å². The van der Waals surface area contributed by atoms with Gasteiger partial charge in [-0.2, -0.15) is 0 Å². The lowest BCUT2D eigenvalue weighted by atomic mass is 9.82. The first-order chi connectivity index (χ1) is 4.11. The first-order valence-electron chi connectivity index (χ1n) is 3.45. The Labute approximate surface area is 56.5 Å². The van der Waals surface area contributed by atoms with Crippen molar-refractivity contribution in [2.45, 2.75) is 20.8 Å². The van der Waals surface area contributed by atoms with Gasteiger partial charge < -0.3 is 4.84 Å². The smallest absolute Gasteiger partial charge is 0.0728 e. The van der Waals surface area contributed by atoms with E-state index in [1.165, 1.54) is 0 Å². The van der Waals surface area contributed by atoms with Gasteiger partial charge in [-0.05, 0) is 5.41 Å². The molecular formula is C7H15NO. The maximum absolute atomic E-state index is 5.03. The van der Waals surface area contributed by atoms with Crippen LogP contribution in [0.25, 0.3) is 0 Å². The lowest BCUT2D eigenvalue weighted by Crippen LogP contribution is -2.24. The van der Waals surface area contributed by atoms with Gasteiger partial charge in [-0.15, -0.1) is 0 Å². The zero-order chi connectivity index (χ0) is 6.91. The maximum atomic E-state index is 5.03. The summed E-state index contributed by atoms with van der Waals surface area (Å²) < 4.78 is 0. The summed E-state index contributed by atoms with van der Waals surface area (Å²) in [6, 6.07) is 0. The van der Waals surface area contributed by atoms with E-state index < -0.39 is 0 Å². The van der Waals surface area contributed by atoms with E-state index >= 15 is 0 Å².